The molecule has 1 atom stereocenters. The van der Waals surface area contributed by atoms with Crippen molar-refractivity contribution in [2.45, 2.75) is 6.04 Å². The lowest BCUT2D eigenvalue weighted by Gasteiger charge is -2.25. The van der Waals surface area contributed by atoms with E-state index in [2.05, 4.69) is 15.9 Å². The van der Waals surface area contributed by atoms with Gasteiger partial charge < -0.3 is 5.11 Å². The molecule has 0 saturated carbocycles. The van der Waals surface area contributed by atoms with Crippen molar-refractivity contribution < 1.29 is 19.6 Å². The lowest BCUT2D eigenvalue weighted by molar-refractivity contribution is -0.385. The molecular weight excluding hydrogens is 464 g/mol. The summed E-state index contributed by atoms with van der Waals surface area (Å²) in [6.45, 7) is 0. The zero-order valence-electron chi connectivity index (χ0n) is 15.9. The molecule has 3 aromatic carbocycles. The Labute approximate surface area is 185 Å². The summed E-state index contributed by atoms with van der Waals surface area (Å²) in [6.07, 6.45) is 0. The summed E-state index contributed by atoms with van der Waals surface area (Å²) in [5.74, 6) is -2.18. The molecule has 1 N–H and O–H groups in total. The maximum absolute atomic E-state index is 13.1. The van der Waals surface area contributed by atoms with Gasteiger partial charge in [0.1, 0.15) is 11.8 Å². The molecule has 154 valence electrons. The number of nitro groups is 1. The number of hydrogen-bond donors (Lipinski definition) is 1. The van der Waals surface area contributed by atoms with Gasteiger partial charge in [-0.05, 0) is 24.3 Å². The minimum Gasteiger partial charge on any atom is -0.507 e. The van der Waals surface area contributed by atoms with E-state index in [4.69, 9.17) is 0 Å². The molecule has 1 amide bonds. The number of para-hydroxylation sites is 1. The molecule has 1 aliphatic rings. The molecule has 3 aromatic rings. The van der Waals surface area contributed by atoms with Crippen LogP contribution in [0.1, 0.15) is 17.2 Å². The molecule has 4 rings (SSSR count). The fourth-order valence-electron chi connectivity index (χ4n) is 3.66. The van der Waals surface area contributed by atoms with Crippen LogP contribution in [-0.2, 0) is 9.59 Å². The van der Waals surface area contributed by atoms with Gasteiger partial charge in [0.15, 0.2) is 0 Å². The Hall–Kier alpha value is -3.78. The summed E-state index contributed by atoms with van der Waals surface area (Å²) >= 11 is 3.35. The van der Waals surface area contributed by atoms with Crippen LogP contribution < -0.4 is 4.90 Å². The highest BCUT2D eigenvalue weighted by Gasteiger charge is 2.48. The number of ketones is 1. The highest BCUT2D eigenvalue weighted by atomic mass is 79.9. The minimum atomic E-state index is -1.17. The summed E-state index contributed by atoms with van der Waals surface area (Å²) in [5, 5.41) is 22.7. The number of halogens is 1. The zero-order valence-corrected chi connectivity index (χ0v) is 17.5. The van der Waals surface area contributed by atoms with E-state index in [9.17, 15) is 24.8 Å². The van der Waals surface area contributed by atoms with Crippen molar-refractivity contribution in [2.24, 2.45) is 0 Å². The largest absolute Gasteiger partial charge is 0.507 e. The highest BCUT2D eigenvalue weighted by Crippen LogP contribution is 2.45. The number of rotatable bonds is 4. The van der Waals surface area contributed by atoms with Crippen LogP contribution in [0.2, 0.25) is 0 Å². The second-order valence-corrected chi connectivity index (χ2v) is 7.75. The summed E-state index contributed by atoms with van der Waals surface area (Å²) < 4.78 is 0.663. The van der Waals surface area contributed by atoms with E-state index in [0.29, 0.717) is 15.7 Å². The topological polar surface area (TPSA) is 101 Å². The molecule has 31 heavy (non-hydrogen) atoms. The SMILES string of the molecule is O=C1C(=O)N(c2cccc(Br)c2)[C@@H](c2ccccc2[N+](=O)[O-])/C1=C(\O)c1ccccc1. The monoisotopic (exact) mass is 478 g/mol. The predicted octanol–water partition coefficient (Wildman–Crippen LogP) is 4.98. The van der Waals surface area contributed by atoms with Crippen molar-refractivity contribution in [1.82, 2.24) is 0 Å². The first-order chi connectivity index (χ1) is 14.9. The minimum absolute atomic E-state index is 0.129. The van der Waals surface area contributed by atoms with Crippen molar-refractivity contribution in [3.05, 3.63) is 110 Å². The maximum atomic E-state index is 13.1. The summed E-state index contributed by atoms with van der Waals surface area (Å²) in [4.78, 5) is 38.5. The Morgan fingerprint density at radius 1 is 0.968 bits per heavy atom. The van der Waals surface area contributed by atoms with Gasteiger partial charge in [-0.3, -0.25) is 24.6 Å². The van der Waals surface area contributed by atoms with E-state index in [1.807, 2.05) is 0 Å². The van der Waals surface area contributed by atoms with Crippen LogP contribution in [0.5, 0.6) is 0 Å². The molecule has 0 bridgehead atoms. The Balaban J connectivity index is 2.02. The van der Waals surface area contributed by atoms with E-state index in [0.717, 1.165) is 0 Å². The number of benzene rings is 3. The summed E-state index contributed by atoms with van der Waals surface area (Å²) in [5.41, 5.74) is 0.369. The van der Waals surface area contributed by atoms with E-state index in [1.165, 1.54) is 23.1 Å². The second kappa shape index (κ2) is 8.16. The fourth-order valence-corrected chi connectivity index (χ4v) is 4.04. The van der Waals surface area contributed by atoms with Gasteiger partial charge in [-0.15, -0.1) is 0 Å². The standard InChI is InChI=1S/C23H15BrN2O5/c24-15-9-6-10-16(13-15)25-20(17-11-4-5-12-18(17)26(30)31)19(22(28)23(25)29)21(27)14-7-2-1-3-8-14/h1-13,20,27H/b21-19+/t20-/m0/s1. The molecule has 1 aliphatic heterocycles. The number of anilines is 1. The maximum Gasteiger partial charge on any atom is 0.300 e. The Morgan fingerprint density at radius 2 is 1.65 bits per heavy atom. The number of carbonyl (C=O) groups excluding carboxylic acids is 2. The van der Waals surface area contributed by atoms with E-state index >= 15 is 0 Å². The number of nitrogens with zero attached hydrogens (tertiary/aromatic N) is 2. The molecule has 7 nitrogen and oxygen atoms in total. The van der Waals surface area contributed by atoms with E-state index in [1.54, 1.807) is 60.7 Å². The number of hydrogen-bond acceptors (Lipinski definition) is 5. The van der Waals surface area contributed by atoms with Crippen LogP contribution in [0.4, 0.5) is 11.4 Å². The van der Waals surface area contributed by atoms with E-state index in [-0.39, 0.29) is 22.6 Å². The van der Waals surface area contributed by atoms with Crippen molar-refractivity contribution in [1.29, 1.82) is 0 Å². The number of Topliss-reactive ketones (excluding diaryl/α,β-unsaturated/α-hetero) is 1. The fraction of sp³-hybridized carbons (Fsp3) is 0.0435. The van der Waals surface area contributed by atoms with Gasteiger partial charge in [0.2, 0.25) is 0 Å². The number of aliphatic hydroxyl groups is 1. The molecule has 0 unspecified atom stereocenters. The Bertz CT molecular complexity index is 1240. The quantitative estimate of drug-likeness (QED) is 0.187. The smallest absolute Gasteiger partial charge is 0.300 e. The van der Waals surface area contributed by atoms with Crippen LogP contribution in [0.15, 0.2) is 88.9 Å². The van der Waals surface area contributed by atoms with Crippen molar-refractivity contribution >= 4 is 44.8 Å². The molecule has 8 heteroatoms. The first kappa shape index (κ1) is 20.5. The highest BCUT2D eigenvalue weighted by molar-refractivity contribution is 9.10. The molecule has 0 spiro atoms. The van der Waals surface area contributed by atoms with Gasteiger partial charge in [0.25, 0.3) is 17.4 Å². The number of carbonyl (C=O) groups is 2. The average Bonchev–Trinajstić information content (AvgIpc) is 3.04. The normalized spacial score (nSPS) is 17.7. The first-order valence-electron chi connectivity index (χ1n) is 9.25. The molecule has 0 aromatic heterocycles. The first-order valence-corrected chi connectivity index (χ1v) is 10.0. The summed E-state index contributed by atoms with van der Waals surface area (Å²) in [6, 6.07) is 19.7. The van der Waals surface area contributed by atoms with Gasteiger partial charge in [-0.25, -0.2) is 0 Å². The van der Waals surface area contributed by atoms with Crippen LogP contribution in [0.3, 0.4) is 0 Å². The van der Waals surface area contributed by atoms with Crippen LogP contribution in [0.25, 0.3) is 5.76 Å². The zero-order chi connectivity index (χ0) is 22.1. The summed E-state index contributed by atoms with van der Waals surface area (Å²) in [7, 11) is 0. The molecular formula is C23H15BrN2O5. The molecule has 0 aliphatic carbocycles. The lowest BCUT2D eigenvalue weighted by Crippen LogP contribution is -2.29. The van der Waals surface area contributed by atoms with Gasteiger partial charge in [0.05, 0.1) is 16.1 Å². The molecule has 1 fully saturated rings. The predicted molar refractivity (Wildman–Crippen MR) is 118 cm³/mol. The number of amides is 1. The van der Waals surface area contributed by atoms with Crippen molar-refractivity contribution in [3.63, 3.8) is 0 Å². The lowest BCUT2D eigenvalue weighted by atomic mass is 9.94. The Morgan fingerprint density at radius 3 is 2.32 bits per heavy atom. The van der Waals surface area contributed by atoms with Gasteiger partial charge in [-0.1, -0.05) is 64.5 Å². The molecule has 1 saturated heterocycles. The number of aliphatic hydroxyl groups excluding tert-OH is 1. The van der Waals surface area contributed by atoms with Crippen LogP contribution in [-0.4, -0.2) is 21.7 Å². The molecule has 0 radical (unpaired) electrons. The Kier molecular flexibility index (Phi) is 5.39. The van der Waals surface area contributed by atoms with Gasteiger partial charge >= 0.3 is 0 Å². The molecule has 1 heterocycles. The second-order valence-electron chi connectivity index (χ2n) is 6.83. The van der Waals surface area contributed by atoms with Crippen LogP contribution >= 0.6 is 15.9 Å². The van der Waals surface area contributed by atoms with Crippen LogP contribution in [0, 0.1) is 10.1 Å². The third-order valence-electron chi connectivity index (χ3n) is 5.01. The van der Waals surface area contributed by atoms with Crippen molar-refractivity contribution in [2.75, 3.05) is 4.90 Å². The average molecular weight is 479 g/mol. The van der Waals surface area contributed by atoms with Crippen molar-refractivity contribution in [3.8, 4) is 0 Å². The van der Waals surface area contributed by atoms with Gasteiger partial charge in [0, 0.05) is 21.8 Å². The number of nitro benzene ring substituents is 1. The third kappa shape index (κ3) is 3.62. The third-order valence-corrected chi connectivity index (χ3v) is 5.50. The van der Waals surface area contributed by atoms with E-state index < -0.39 is 22.7 Å². The van der Waals surface area contributed by atoms with Gasteiger partial charge in [-0.2, -0.15) is 0 Å².